The fourth-order valence-electron chi connectivity index (χ4n) is 4.55. The maximum atomic E-state index is 12.6. The molecule has 0 aromatic carbocycles. The second-order valence-corrected chi connectivity index (χ2v) is 6.92. The lowest BCUT2D eigenvalue weighted by atomic mass is 9.61. The second-order valence-electron chi connectivity index (χ2n) is 6.58. The summed E-state index contributed by atoms with van der Waals surface area (Å²) in [6.07, 6.45) is 8.35. The molecule has 0 unspecified atom stereocenters. The molecule has 0 saturated heterocycles. The number of halogens is 1. The highest BCUT2D eigenvalue weighted by atomic mass is 35.5. The Labute approximate surface area is 140 Å². The van der Waals surface area contributed by atoms with E-state index in [0.717, 1.165) is 23.9 Å². The Morgan fingerprint density at radius 1 is 1.35 bits per heavy atom. The molecule has 2 bridgehead atoms. The van der Waals surface area contributed by atoms with Crippen LogP contribution in [0.15, 0.2) is 18.5 Å². The van der Waals surface area contributed by atoms with Crippen molar-refractivity contribution in [1.82, 2.24) is 14.5 Å². The van der Waals surface area contributed by atoms with Crippen molar-refractivity contribution >= 4 is 28.6 Å². The van der Waals surface area contributed by atoms with Gasteiger partial charge in [0.2, 0.25) is 5.28 Å². The van der Waals surface area contributed by atoms with Gasteiger partial charge in [0.25, 0.3) is 0 Å². The molecule has 3 fully saturated rings. The molecule has 5 rings (SSSR count). The van der Waals surface area contributed by atoms with E-state index in [4.69, 9.17) is 16.3 Å². The van der Waals surface area contributed by atoms with Crippen LogP contribution in [0.2, 0.25) is 5.28 Å². The van der Waals surface area contributed by atoms with Crippen LogP contribution in [-0.2, 0) is 9.53 Å². The van der Waals surface area contributed by atoms with Crippen molar-refractivity contribution in [3.05, 3.63) is 23.7 Å². The summed E-state index contributed by atoms with van der Waals surface area (Å²) in [6.45, 7) is 2.30. The molecule has 2 atom stereocenters. The van der Waals surface area contributed by atoms with E-state index in [2.05, 4.69) is 14.5 Å². The van der Waals surface area contributed by atoms with Gasteiger partial charge in [-0.1, -0.05) is 0 Å². The Hall–Kier alpha value is -1.62. The first-order valence-corrected chi connectivity index (χ1v) is 8.72. The van der Waals surface area contributed by atoms with Crippen LogP contribution in [0, 0.1) is 17.8 Å². The summed E-state index contributed by atoms with van der Waals surface area (Å²) in [6, 6.07) is 2.11. The Morgan fingerprint density at radius 3 is 2.83 bits per heavy atom. The summed E-state index contributed by atoms with van der Waals surface area (Å²) < 4.78 is 7.53. The minimum absolute atomic E-state index is 0.0612. The summed E-state index contributed by atoms with van der Waals surface area (Å²) in [7, 11) is 0. The Balaban J connectivity index is 1.79. The molecule has 2 heterocycles. The van der Waals surface area contributed by atoms with Gasteiger partial charge in [0, 0.05) is 17.8 Å². The van der Waals surface area contributed by atoms with E-state index >= 15 is 0 Å². The van der Waals surface area contributed by atoms with Crippen molar-refractivity contribution in [1.29, 1.82) is 0 Å². The molecule has 23 heavy (non-hydrogen) atoms. The lowest BCUT2D eigenvalue weighted by molar-refractivity contribution is -0.157. The number of hydrogen-bond donors (Lipinski definition) is 0. The Morgan fingerprint density at radius 2 is 2.09 bits per heavy atom. The van der Waals surface area contributed by atoms with Crippen molar-refractivity contribution in [3.8, 4) is 0 Å². The van der Waals surface area contributed by atoms with Crippen molar-refractivity contribution in [2.24, 2.45) is 17.8 Å². The number of carbonyl (C=O) groups is 1. The predicted molar refractivity (Wildman–Crippen MR) is 87.1 cm³/mol. The average Bonchev–Trinajstić information content (AvgIpc) is 2.98. The largest absolute Gasteiger partial charge is 0.466 e. The predicted octanol–water partition coefficient (Wildman–Crippen LogP) is 3.63. The summed E-state index contributed by atoms with van der Waals surface area (Å²) in [5.74, 6) is 0.776. The van der Waals surface area contributed by atoms with E-state index in [0.29, 0.717) is 18.4 Å². The molecule has 3 saturated carbocycles. The zero-order valence-corrected chi connectivity index (χ0v) is 13.9. The van der Waals surface area contributed by atoms with Gasteiger partial charge in [-0.3, -0.25) is 4.79 Å². The van der Waals surface area contributed by atoms with E-state index in [1.54, 1.807) is 6.20 Å². The highest BCUT2D eigenvalue weighted by Gasteiger charge is 2.49. The number of fused-ring (bicyclic) bond motifs is 4. The fourth-order valence-corrected chi connectivity index (χ4v) is 4.67. The van der Waals surface area contributed by atoms with Gasteiger partial charge in [-0.25, -0.2) is 4.98 Å². The zero-order chi connectivity index (χ0) is 16.0. The molecular formula is C17H20ClN3O2. The van der Waals surface area contributed by atoms with Gasteiger partial charge in [-0.2, -0.15) is 4.98 Å². The quantitative estimate of drug-likeness (QED) is 0.636. The van der Waals surface area contributed by atoms with E-state index in [1.165, 1.54) is 12.8 Å². The second kappa shape index (κ2) is 5.78. The van der Waals surface area contributed by atoms with Crippen LogP contribution in [0.4, 0.5) is 0 Å². The van der Waals surface area contributed by atoms with E-state index in [9.17, 15) is 4.79 Å². The standard InChI is InChI=1S/C17H20ClN3O2/c1-2-23-16(22)13-10-3-5-11(6-4-10)14(13)21-8-7-12-9-19-17(18)20-15(12)21/h7-11,13-14H,2-6H2,1H3/t10?,11?,13-,14-/m1/s1. The lowest BCUT2D eigenvalue weighted by Gasteiger charge is -2.47. The van der Waals surface area contributed by atoms with Crippen LogP contribution in [0.1, 0.15) is 38.6 Å². The summed E-state index contributed by atoms with van der Waals surface area (Å²) >= 11 is 5.99. The number of aromatic nitrogens is 3. The van der Waals surface area contributed by atoms with Crippen molar-refractivity contribution in [2.75, 3.05) is 6.61 Å². The van der Waals surface area contributed by atoms with Gasteiger partial charge < -0.3 is 9.30 Å². The van der Waals surface area contributed by atoms with E-state index in [-0.39, 0.29) is 23.2 Å². The fraction of sp³-hybridized carbons (Fsp3) is 0.588. The van der Waals surface area contributed by atoms with Crippen LogP contribution < -0.4 is 0 Å². The first-order valence-electron chi connectivity index (χ1n) is 8.34. The third-order valence-electron chi connectivity index (χ3n) is 5.48. The first-order chi connectivity index (χ1) is 11.2. The van der Waals surface area contributed by atoms with Gasteiger partial charge in [0.05, 0.1) is 18.6 Å². The number of carbonyl (C=O) groups excluding carboxylic acids is 1. The molecule has 3 aliphatic rings. The SMILES string of the molecule is CCOC(=O)[C@@H]1C2CCC(CC2)[C@H]1n1ccc2cnc(Cl)nc21. The first kappa shape index (κ1) is 14.9. The lowest BCUT2D eigenvalue weighted by Crippen LogP contribution is -2.45. The van der Waals surface area contributed by atoms with Crippen LogP contribution in [0.5, 0.6) is 0 Å². The number of nitrogens with zero attached hydrogens (tertiary/aromatic N) is 3. The Bertz CT molecular complexity index is 737. The number of esters is 1. The summed E-state index contributed by atoms with van der Waals surface area (Å²) in [5.41, 5.74) is 0.817. The normalized spacial score (nSPS) is 29.8. The number of ether oxygens (including phenoxy) is 1. The monoisotopic (exact) mass is 333 g/mol. The third kappa shape index (κ3) is 2.42. The van der Waals surface area contributed by atoms with Crippen molar-refractivity contribution in [3.63, 3.8) is 0 Å². The minimum Gasteiger partial charge on any atom is -0.466 e. The maximum absolute atomic E-state index is 12.6. The smallest absolute Gasteiger partial charge is 0.311 e. The van der Waals surface area contributed by atoms with Crippen LogP contribution in [0.25, 0.3) is 11.0 Å². The zero-order valence-electron chi connectivity index (χ0n) is 13.1. The highest BCUT2D eigenvalue weighted by Crippen LogP contribution is 2.52. The van der Waals surface area contributed by atoms with Crippen molar-refractivity contribution in [2.45, 2.75) is 38.6 Å². The molecule has 122 valence electrons. The molecule has 3 aliphatic carbocycles. The third-order valence-corrected chi connectivity index (χ3v) is 5.66. The molecule has 0 amide bonds. The van der Waals surface area contributed by atoms with E-state index < -0.39 is 0 Å². The molecule has 0 radical (unpaired) electrons. The van der Waals surface area contributed by atoms with E-state index in [1.807, 2.05) is 19.2 Å². The maximum Gasteiger partial charge on any atom is 0.311 e. The molecule has 0 spiro atoms. The number of hydrogen-bond acceptors (Lipinski definition) is 4. The average molecular weight is 334 g/mol. The molecule has 0 aliphatic heterocycles. The van der Waals surface area contributed by atoms with Gasteiger partial charge in [0.15, 0.2) is 0 Å². The summed E-state index contributed by atoms with van der Waals surface area (Å²) in [4.78, 5) is 21.0. The van der Waals surface area contributed by atoms with Gasteiger partial charge in [-0.15, -0.1) is 0 Å². The van der Waals surface area contributed by atoms with Crippen LogP contribution in [-0.4, -0.2) is 27.1 Å². The molecule has 2 aromatic heterocycles. The van der Waals surface area contributed by atoms with Crippen molar-refractivity contribution < 1.29 is 9.53 Å². The number of rotatable bonds is 3. The van der Waals surface area contributed by atoms with Gasteiger partial charge >= 0.3 is 5.97 Å². The van der Waals surface area contributed by atoms with Gasteiger partial charge in [-0.05, 0) is 62.1 Å². The van der Waals surface area contributed by atoms with Gasteiger partial charge in [0.1, 0.15) is 5.65 Å². The molecule has 0 N–H and O–H groups in total. The molecule has 6 heteroatoms. The topological polar surface area (TPSA) is 57.0 Å². The minimum atomic E-state index is -0.0770. The van der Waals surface area contributed by atoms with Crippen LogP contribution in [0.3, 0.4) is 0 Å². The van der Waals surface area contributed by atoms with Crippen LogP contribution >= 0.6 is 11.6 Å². The molecule has 5 nitrogen and oxygen atoms in total. The summed E-state index contributed by atoms with van der Waals surface area (Å²) in [5, 5.41) is 1.20. The Kier molecular flexibility index (Phi) is 3.76. The molecular weight excluding hydrogens is 314 g/mol. The highest BCUT2D eigenvalue weighted by molar-refractivity contribution is 6.28. The molecule has 2 aromatic rings.